The lowest BCUT2D eigenvalue weighted by atomic mass is 9.67. The summed E-state index contributed by atoms with van der Waals surface area (Å²) < 4.78 is 6.18. The Morgan fingerprint density at radius 2 is 2.00 bits per heavy atom. The lowest BCUT2D eigenvalue weighted by molar-refractivity contribution is -0.113. The zero-order valence-electron chi connectivity index (χ0n) is 13.2. The smallest absolute Gasteiger partial charge is 0.0890 e. The summed E-state index contributed by atoms with van der Waals surface area (Å²) in [5.74, 6) is 0.393. The van der Waals surface area contributed by atoms with Crippen molar-refractivity contribution in [1.82, 2.24) is 0 Å². The third-order valence-electron chi connectivity index (χ3n) is 5.10. The number of allylic oxidation sites excluding steroid dienone is 1. The lowest BCUT2D eigenvalue weighted by Gasteiger charge is -2.47. The summed E-state index contributed by atoms with van der Waals surface area (Å²) in [7, 11) is 4.10. The highest BCUT2D eigenvalue weighted by atomic mass is 16.5. The van der Waals surface area contributed by atoms with Crippen molar-refractivity contribution >= 4 is 5.69 Å². The summed E-state index contributed by atoms with van der Waals surface area (Å²) in [4.78, 5) is 2.11. The average molecular weight is 287 g/mol. The van der Waals surface area contributed by atoms with E-state index in [4.69, 9.17) is 4.74 Å². The first-order chi connectivity index (χ1) is 10.0. The van der Waals surface area contributed by atoms with Crippen molar-refractivity contribution in [3.63, 3.8) is 0 Å². The predicted octanol–water partition coefficient (Wildman–Crippen LogP) is 3.16. The van der Waals surface area contributed by atoms with Crippen molar-refractivity contribution in [2.45, 2.75) is 25.9 Å². The van der Waals surface area contributed by atoms with Crippen LogP contribution in [0.1, 0.15) is 31.4 Å². The summed E-state index contributed by atoms with van der Waals surface area (Å²) in [5, 5.41) is 9.72. The summed E-state index contributed by atoms with van der Waals surface area (Å²) in [6, 6.07) is 8.64. The molecule has 0 radical (unpaired) electrons. The molecule has 1 heterocycles. The lowest BCUT2D eigenvalue weighted by Crippen LogP contribution is -2.43. The quantitative estimate of drug-likeness (QED) is 0.867. The van der Waals surface area contributed by atoms with Crippen LogP contribution in [0.25, 0.3) is 0 Å². The number of fused-ring (bicyclic) bond motifs is 2. The molecule has 3 rings (SSSR count). The van der Waals surface area contributed by atoms with Crippen molar-refractivity contribution < 1.29 is 9.84 Å². The van der Waals surface area contributed by atoms with Crippen LogP contribution >= 0.6 is 0 Å². The maximum Gasteiger partial charge on any atom is 0.0890 e. The minimum Gasteiger partial charge on any atom is -0.396 e. The molecule has 114 valence electrons. The molecule has 1 N–H and O–H groups in total. The highest BCUT2D eigenvalue weighted by molar-refractivity contribution is 5.46. The molecule has 1 saturated heterocycles. The Hall–Kier alpha value is -1.32. The monoisotopic (exact) mass is 287 g/mol. The van der Waals surface area contributed by atoms with Crippen molar-refractivity contribution in [2.75, 3.05) is 32.2 Å². The van der Waals surface area contributed by atoms with Gasteiger partial charge in [0.2, 0.25) is 0 Å². The molecule has 0 aromatic heterocycles. The molecule has 1 aliphatic carbocycles. The molecular weight excluding hydrogens is 262 g/mol. The Morgan fingerprint density at radius 1 is 1.29 bits per heavy atom. The molecule has 1 aromatic rings. The topological polar surface area (TPSA) is 32.7 Å². The van der Waals surface area contributed by atoms with Crippen LogP contribution in [-0.4, -0.2) is 32.4 Å². The number of anilines is 1. The summed E-state index contributed by atoms with van der Waals surface area (Å²) in [5.41, 5.74) is 3.80. The number of aliphatic hydroxyl groups excluding tert-OH is 1. The summed E-state index contributed by atoms with van der Waals surface area (Å²) in [6.45, 7) is 3.07. The second-order valence-electron chi connectivity index (χ2n) is 6.84. The molecule has 0 saturated carbocycles. The molecule has 3 heteroatoms. The molecule has 1 aliphatic heterocycles. The molecule has 2 aliphatic rings. The Labute approximate surface area is 127 Å². The van der Waals surface area contributed by atoms with E-state index >= 15 is 0 Å². The van der Waals surface area contributed by atoms with E-state index < -0.39 is 0 Å². The average Bonchev–Trinajstić information content (AvgIpc) is 2.52. The Balaban J connectivity index is 1.86. The van der Waals surface area contributed by atoms with E-state index in [1.165, 1.54) is 16.8 Å². The van der Waals surface area contributed by atoms with Gasteiger partial charge in [-0.1, -0.05) is 23.8 Å². The predicted molar refractivity (Wildman–Crippen MR) is 85.5 cm³/mol. The van der Waals surface area contributed by atoms with Crippen LogP contribution in [0.15, 0.2) is 35.9 Å². The molecule has 21 heavy (non-hydrogen) atoms. The second kappa shape index (κ2) is 5.47. The van der Waals surface area contributed by atoms with Crippen molar-refractivity contribution in [1.29, 1.82) is 0 Å². The normalized spacial score (nSPS) is 31.7. The molecule has 0 spiro atoms. The fraction of sp³-hybridized carbons (Fsp3) is 0.556. The van der Waals surface area contributed by atoms with E-state index in [0.717, 1.165) is 12.8 Å². The van der Waals surface area contributed by atoms with E-state index in [1.54, 1.807) is 0 Å². The third-order valence-corrected chi connectivity index (χ3v) is 5.10. The minimum atomic E-state index is -0.0513. The maximum atomic E-state index is 9.72. The van der Waals surface area contributed by atoms with Gasteiger partial charge in [0, 0.05) is 31.1 Å². The van der Waals surface area contributed by atoms with Gasteiger partial charge in [-0.25, -0.2) is 0 Å². The van der Waals surface area contributed by atoms with Crippen molar-refractivity contribution in [3.8, 4) is 0 Å². The third kappa shape index (κ3) is 2.60. The van der Waals surface area contributed by atoms with Gasteiger partial charge in [0.25, 0.3) is 0 Å². The number of hydrogen-bond acceptors (Lipinski definition) is 3. The number of benzene rings is 1. The van der Waals surface area contributed by atoms with Gasteiger partial charge in [0.15, 0.2) is 0 Å². The number of aliphatic hydroxyl groups is 1. The molecule has 1 aromatic carbocycles. The van der Waals surface area contributed by atoms with Crippen LogP contribution in [0.2, 0.25) is 0 Å². The van der Waals surface area contributed by atoms with Gasteiger partial charge in [-0.15, -0.1) is 0 Å². The van der Waals surface area contributed by atoms with E-state index in [0.29, 0.717) is 12.5 Å². The number of hydrogen-bond donors (Lipinski definition) is 1. The van der Waals surface area contributed by atoms with Gasteiger partial charge in [0.05, 0.1) is 19.3 Å². The largest absolute Gasteiger partial charge is 0.396 e. The number of ether oxygens (including phenoxy) is 1. The molecule has 0 unspecified atom stereocenters. The van der Waals surface area contributed by atoms with Gasteiger partial charge in [0.1, 0.15) is 0 Å². The number of nitrogens with zero attached hydrogens (tertiary/aromatic N) is 1. The first-order valence-electron chi connectivity index (χ1n) is 7.71. The zero-order valence-corrected chi connectivity index (χ0v) is 13.2. The summed E-state index contributed by atoms with van der Waals surface area (Å²) in [6.07, 6.45) is 4.40. The first-order valence-corrected chi connectivity index (χ1v) is 7.71. The van der Waals surface area contributed by atoms with Gasteiger partial charge in [-0.3, -0.25) is 0 Å². The highest BCUT2D eigenvalue weighted by Gasteiger charge is 2.44. The first kappa shape index (κ1) is 14.6. The minimum absolute atomic E-state index is 0.0513. The number of rotatable bonds is 3. The van der Waals surface area contributed by atoms with Gasteiger partial charge in [-0.05, 0) is 37.5 Å². The van der Waals surface area contributed by atoms with Gasteiger partial charge < -0.3 is 14.7 Å². The van der Waals surface area contributed by atoms with Crippen molar-refractivity contribution in [3.05, 3.63) is 41.5 Å². The fourth-order valence-electron chi connectivity index (χ4n) is 3.55. The standard InChI is InChI=1S/C18H25NO2/c1-13-8-9-18(11-20)10-16(13)17(21-12-18)14-4-6-15(7-5-14)19(2)3/h4-8,16-17,20H,9-12H2,1-3H3/t16-,17-,18-/m1/s1. The summed E-state index contributed by atoms with van der Waals surface area (Å²) >= 11 is 0. The Morgan fingerprint density at radius 3 is 2.62 bits per heavy atom. The van der Waals surface area contributed by atoms with Crippen LogP contribution in [-0.2, 0) is 4.74 Å². The maximum absolute atomic E-state index is 9.72. The molecular formula is C18H25NO2. The van der Waals surface area contributed by atoms with Gasteiger partial charge in [-0.2, -0.15) is 0 Å². The van der Waals surface area contributed by atoms with Crippen LogP contribution in [0.3, 0.4) is 0 Å². The molecule has 1 fully saturated rings. The molecule has 3 nitrogen and oxygen atoms in total. The van der Waals surface area contributed by atoms with Crippen LogP contribution < -0.4 is 4.90 Å². The molecule has 3 atom stereocenters. The highest BCUT2D eigenvalue weighted by Crippen LogP contribution is 2.50. The SMILES string of the molecule is CC1=CC[C@@]2(CO)CO[C@H](c3ccc(N(C)C)cc3)[C@@H]1C2. The molecule has 2 bridgehead atoms. The Kier molecular flexibility index (Phi) is 3.80. The van der Waals surface area contributed by atoms with E-state index in [-0.39, 0.29) is 18.1 Å². The van der Waals surface area contributed by atoms with E-state index in [2.05, 4.69) is 56.3 Å². The zero-order chi connectivity index (χ0) is 15.0. The van der Waals surface area contributed by atoms with E-state index in [9.17, 15) is 5.11 Å². The van der Waals surface area contributed by atoms with Crippen LogP contribution in [0.5, 0.6) is 0 Å². The Bertz CT molecular complexity index is 535. The molecule has 0 amide bonds. The second-order valence-corrected chi connectivity index (χ2v) is 6.84. The van der Waals surface area contributed by atoms with Crippen LogP contribution in [0.4, 0.5) is 5.69 Å². The van der Waals surface area contributed by atoms with Gasteiger partial charge >= 0.3 is 0 Å². The fourth-order valence-corrected chi connectivity index (χ4v) is 3.55. The van der Waals surface area contributed by atoms with Crippen LogP contribution in [0, 0.1) is 11.3 Å². The van der Waals surface area contributed by atoms with Crippen molar-refractivity contribution in [2.24, 2.45) is 11.3 Å². The van der Waals surface area contributed by atoms with E-state index in [1.807, 2.05) is 0 Å².